The number of ether oxygens (including phenoxy) is 1. The highest BCUT2D eigenvalue weighted by Crippen LogP contribution is 2.38. The smallest absolute Gasteiger partial charge is 0.236 e. The Morgan fingerprint density at radius 2 is 2.26 bits per heavy atom. The summed E-state index contributed by atoms with van der Waals surface area (Å²) in [7, 11) is 0. The lowest BCUT2D eigenvalue weighted by molar-refractivity contribution is -0.129. The van der Waals surface area contributed by atoms with Crippen molar-refractivity contribution in [2.75, 3.05) is 37.7 Å². The Balaban J connectivity index is 1.45. The molecular weight excluding hydrogens is 260 g/mol. The molecule has 1 amide bonds. The molecule has 3 aliphatic rings. The highest BCUT2D eigenvalue weighted by atomic mass is 32.2. The number of thioether (sulfide) groups is 1. The van der Waals surface area contributed by atoms with Gasteiger partial charge in [-0.2, -0.15) is 11.8 Å². The fourth-order valence-electron chi connectivity index (χ4n) is 3.38. The normalized spacial score (nSPS) is 35.2. The fourth-order valence-corrected chi connectivity index (χ4v) is 4.75. The van der Waals surface area contributed by atoms with Crippen molar-refractivity contribution < 1.29 is 9.53 Å². The van der Waals surface area contributed by atoms with E-state index in [0.29, 0.717) is 12.6 Å². The highest BCUT2D eigenvalue weighted by molar-refractivity contribution is 7.99. The predicted octanol–water partition coefficient (Wildman–Crippen LogP) is 1.25. The number of rotatable bonds is 3. The maximum Gasteiger partial charge on any atom is 0.236 e. The van der Waals surface area contributed by atoms with Gasteiger partial charge in [0.1, 0.15) is 0 Å². The number of nitrogens with one attached hydrogen (secondary N) is 1. The molecule has 3 aliphatic heterocycles. The van der Waals surface area contributed by atoms with E-state index in [1.807, 2.05) is 16.7 Å². The van der Waals surface area contributed by atoms with Crippen LogP contribution in [0.25, 0.3) is 0 Å². The molecule has 1 N–H and O–H groups in total. The molecule has 3 saturated heterocycles. The van der Waals surface area contributed by atoms with Crippen LogP contribution in [-0.2, 0) is 9.53 Å². The summed E-state index contributed by atoms with van der Waals surface area (Å²) < 4.78 is 6.01. The molecule has 3 fully saturated rings. The second kappa shape index (κ2) is 6.02. The Morgan fingerprint density at radius 1 is 1.42 bits per heavy atom. The molecular formula is C14H24N2O2S. The van der Waals surface area contributed by atoms with E-state index >= 15 is 0 Å². The first-order valence-corrected chi connectivity index (χ1v) is 8.66. The molecule has 2 atom stereocenters. The summed E-state index contributed by atoms with van der Waals surface area (Å²) >= 11 is 2.00. The number of amides is 1. The largest absolute Gasteiger partial charge is 0.374 e. The van der Waals surface area contributed by atoms with Crippen molar-refractivity contribution in [3.05, 3.63) is 0 Å². The third kappa shape index (κ3) is 3.26. The molecule has 0 radical (unpaired) electrons. The first kappa shape index (κ1) is 13.7. The number of hydrogen-bond acceptors (Lipinski definition) is 4. The summed E-state index contributed by atoms with van der Waals surface area (Å²) in [6.07, 6.45) is 5.63. The van der Waals surface area contributed by atoms with Gasteiger partial charge >= 0.3 is 0 Å². The van der Waals surface area contributed by atoms with Crippen LogP contribution in [0.2, 0.25) is 0 Å². The molecule has 108 valence electrons. The van der Waals surface area contributed by atoms with Crippen molar-refractivity contribution in [1.82, 2.24) is 10.2 Å². The predicted molar refractivity (Wildman–Crippen MR) is 77.5 cm³/mol. The number of hydrogen-bond donors (Lipinski definition) is 1. The zero-order chi connectivity index (χ0) is 13.1. The van der Waals surface area contributed by atoms with Gasteiger partial charge in [-0.3, -0.25) is 4.79 Å². The van der Waals surface area contributed by atoms with Crippen molar-refractivity contribution in [2.24, 2.45) is 0 Å². The number of carbonyl (C=O) groups is 1. The molecule has 0 saturated carbocycles. The maximum absolute atomic E-state index is 12.0. The van der Waals surface area contributed by atoms with Crippen molar-refractivity contribution in [1.29, 1.82) is 0 Å². The van der Waals surface area contributed by atoms with Crippen molar-refractivity contribution in [3.63, 3.8) is 0 Å². The molecule has 0 aromatic heterocycles. The van der Waals surface area contributed by atoms with Crippen molar-refractivity contribution in [3.8, 4) is 0 Å². The molecule has 0 aromatic carbocycles. The maximum atomic E-state index is 12.0. The molecule has 3 heterocycles. The van der Waals surface area contributed by atoms with Crippen LogP contribution in [0.5, 0.6) is 0 Å². The molecule has 0 aromatic rings. The zero-order valence-corrected chi connectivity index (χ0v) is 12.3. The van der Waals surface area contributed by atoms with E-state index in [2.05, 4.69) is 5.32 Å². The minimum Gasteiger partial charge on any atom is -0.374 e. The van der Waals surface area contributed by atoms with E-state index in [4.69, 9.17) is 4.74 Å². The summed E-state index contributed by atoms with van der Waals surface area (Å²) in [6.45, 7) is 3.26. The fraction of sp³-hybridized carbons (Fsp3) is 0.929. The van der Waals surface area contributed by atoms with E-state index in [1.54, 1.807) is 0 Å². The summed E-state index contributed by atoms with van der Waals surface area (Å²) in [5.74, 6) is 2.63. The molecule has 0 aliphatic carbocycles. The average Bonchev–Trinajstić information content (AvgIpc) is 3.08. The number of carbonyl (C=O) groups excluding carboxylic acids is 1. The van der Waals surface area contributed by atoms with E-state index < -0.39 is 0 Å². The van der Waals surface area contributed by atoms with Crippen molar-refractivity contribution >= 4 is 17.7 Å². The summed E-state index contributed by atoms with van der Waals surface area (Å²) in [5.41, 5.74) is 0.108. The van der Waals surface area contributed by atoms with E-state index in [1.165, 1.54) is 25.0 Å². The molecule has 1 spiro atoms. The Morgan fingerprint density at radius 3 is 3.00 bits per heavy atom. The number of nitrogens with zero attached hydrogens (tertiary/aromatic N) is 1. The molecule has 2 unspecified atom stereocenters. The van der Waals surface area contributed by atoms with Crippen LogP contribution in [0.3, 0.4) is 0 Å². The summed E-state index contributed by atoms with van der Waals surface area (Å²) in [4.78, 5) is 14.0. The quantitative estimate of drug-likeness (QED) is 0.847. The van der Waals surface area contributed by atoms with Gasteiger partial charge in [-0.1, -0.05) is 0 Å². The lowest BCUT2D eigenvalue weighted by atomic mass is 9.90. The monoisotopic (exact) mass is 284 g/mol. The van der Waals surface area contributed by atoms with Crippen LogP contribution in [0.1, 0.15) is 32.1 Å². The third-order valence-electron chi connectivity index (χ3n) is 4.56. The zero-order valence-electron chi connectivity index (χ0n) is 11.5. The van der Waals surface area contributed by atoms with Gasteiger partial charge in [-0.05, 0) is 37.9 Å². The molecule has 4 nitrogen and oxygen atoms in total. The van der Waals surface area contributed by atoms with E-state index in [0.717, 1.165) is 38.3 Å². The number of likely N-dealkylation sites (tertiary alicyclic amines) is 1. The van der Waals surface area contributed by atoms with Crippen molar-refractivity contribution in [2.45, 2.75) is 43.7 Å². The first-order valence-electron chi connectivity index (χ1n) is 7.50. The Labute approximate surface area is 119 Å². The van der Waals surface area contributed by atoms with Crippen LogP contribution >= 0.6 is 11.8 Å². The minimum atomic E-state index is 0.108. The lowest BCUT2D eigenvalue weighted by Gasteiger charge is -2.38. The van der Waals surface area contributed by atoms with Gasteiger partial charge in [0.25, 0.3) is 0 Å². The standard InChI is InChI=1S/C14H24N2O2S/c17-13(16-5-1-2-6-16)10-15-12-3-7-18-14(9-12)4-8-19-11-14/h12,15H,1-11H2. The Bertz CT molecular complexity index is 325. The van der Waals surface area contributed by atoms with Gasteiger partial charge in [0.15, 0.2) is 0 Å². The minimum absolute atomic E-state index is 0.108. The van der Waals surface area contributed by atoms with E-state index in [-0.39, 0.29) is 11.5 Å². The second-order valence-electron chi connectivity index (χ2n) is 5.99. The van der Waals surface area contributed by atoms with Crippen LogP contribution in [-0.4, -0.2) is 60.2 Å². The Hall–Kier alpha value is -0.260. The molecule has 19 heavy (non-hydrogen) atoms. The average molecular weight is 284 g/mol. The van der Waals surface area contributed by atoms with Gasteiger partial charge in [0, 0.05) is 31.5 Å². The van der Waals surface area contributed by atoms with Crippen LogP contribution < -0.4 is 5.32 Å². The van der Waals surface area contributed by atoms with E-state index in [9.17, 15) is 4.79 Å². The second-order valence-corrected chi connectivity index (χ2v) is 7.10. The SMILES string of the molecule is O=C(CNC1CCOC2(CCSC2)C1)N1CCCC1. The third-order valence-corrected chi connectivity index (χ3v) is 5.78. The first-order chi connectivity index (χ1) is 9.27. The summed E-state index contributed by atoms with van der Waals surface area (Å²) in [5, 5.41) is 3.47. The van der Waals surface area contributed by atoms with Gasteiger partial charge in [0.05, 0.1) is 12.1 Å². The molecule has 3 rings (SSSR count). The van der Waals surface area contributed by atoms with Crippen LogP contribution in [0, 0.1) is 0 Å². The van der Waals surface area contributed by atoms with Crippen LogP contribution in [0.15, 0.2) is 0 Å². The van der Waals surface area contributed by atoms with Gasteiger partial charge in [-0.25, -0.2) is 0 Å². The Kier molecular flexibility index (Phi) is 4.34. The summed E-state index contributed by atoms with van der Waals surface area (Å²) in [6, 6.07) is 0.457. The van der Waals surface area contributed by atoms with Gasteiger partial charge < -0.3 is 15.0 Å². The molecule has 0 bridgehead atoms. The lowest BCUT2D eigenvalue weighted by Crippen LogP contribution is -2.49. The van der Waals surface area contributed by atoms with Gasteiger partial charge in [0.2, 0.25) is 5.91 Å². The molecule has 5 heteroatoms. The van der Waals surface area contributed by atoms with Gasteiger partial charge in [-0.15, -0.1) is 0 Å². The van der Waals surface area contributed by atoms with Crippen LogP contribution in [0.4, 0.5) is 0 Å². The highest BCUT2D eigenvalue weighted by Gasteiger charge is 2.40. The topological polar surface area (TPSA) is 41.6 Å².